The zero-order valence-electron chi connectivity index (χ0n) is 17.4. The smallest absolute Gasteiger partial charge is 0.227 e. The number of para-hydroxylation sites is 1. The second-order valence-electron chi connectivity index (χ2n) is 7.76. The Hall–Kier alpha value is -2.66. The minimum Gasteiger partial charge on any atom is -0.356 e. The molecule has 1 N–H and O–H groups in total. The molecule has 1 atom stereocenters. The first-order valence-electron chi connectivity index (χ1n) is 10.5. The third-order valence-corrected chi connectivity index (χ3v) is 5.47. The van der Waals surface area contributed by atoms with Crippen LogP contribution in [-0.2, 0) is 22.6 Å². The summed E-state index contributed by atoms with van der Waals surface area (Å²) in [4.78, 5) is 29.1. The predicted molar refractivity (Wildman–Crippen MR) is 117 cm³/mol. The molecule has 1 heterocycles. The van der Waals surface area contributed by atoms with Crippen LogP contribution in [0.5, 0.6) is 0 Å². The van der Waals surface area contributed by atoms with Gasteiger partial charge in [-0.25, -0.2) is 0 Å². The Balaban J connectivity index is 1.42. The maximum Gasteiger partial charge on any atom is 0.227 e. The molecule has 3 rings (SSSR count). The van der Waals surface area contributed by atoms with Crippen molar-refractivity contribution in [2.75, 3.05) is 31.6 Å². The molecule has 0 aromatic heterocycles. The highest BCUT2D eigenvalue weighted by atomic mass is 16.2. The van der Waals surface area contributed by atoms with Gasteiger partial charge in [-0.05, 0) is 43.6 Å². The van der Waals surface area contributed by atoms with Gasteiger partial charge < -0.3 is 15.1 Å². The van der Waals surface area contributed by atoms with Crippen LogP contribution in [0.2, 0.25) is 0 Å². The van der Waals surface area contributed by atoms with Crippen LogP contribution < -0.4 is 10.2 Å². The van der Waals surface area contributed by atoms with Gasteiger partial charge in [0, 0.05) is 31.7 Å². The fraction of sp³-hybridized carbons (Fsp3) is 0.417. The van der Waals surface area contributed by atoms with E-state index in [2.05, 4.69) is 48.5 Å². The number of aryl methyl sites for hydroxylation is 1. The second kappa shape index (κ2) is 10.2. The maximum absolute atomic E-state index is 12.6. The largest absolute Gasteiger partial charge is 0.356 e. The number of hydrogen-bond acceptors (Lipinski definition) is 3. The third kappa shape index (κ3) is 5.67. The summed E-state index contributed by atoms with van der Waals surface area (Å²) in [5, 5.41) is 3.02. The lowest BCUT2D eigenvalue weighted by molar-refractivity contribution is -0.126. The van der Waals surface area contributed by atoms with Gasteiger partial charge in [-0.3, -0.25) is 9.59 Å². The van der Waals surface area contributed by atoms with Gasteiger partial charge in [0.1, 0.15) is 0 Å². The van der Waals surface area contributed by atoms with Crippen molar-refractivity contribution in [1.29, 1.82) is 0 Å². The van der Waals surface area contributed by atoms with Crippen LogP contribution in [0.4, 0.5) is 5.69 Å². The summed E-state index contributed by atoms with van der Waals surface area (Å²) >= 11 is 0. The Morgan fingerprint density at radius 2 is 1.86 bits per heavy atom. The van der Waals surface area contributed by atoms with Crippen LogP contribution in [0.15, 0.2) is 54.6 Å². The first-order valence-corrected chi connectivity index (χ1v) is 10.5. The third-order valence-electron chi connectivity index (χ3n) is 5.47. The standard InChI is InChI=1S/C24H31N3O2/c1-3-20-12-7-8-13-22(20)27-18-21(16-23(27)28)24(29)25-14-9-15-26(2)17-19-10-5-4-6-11-19/h4-8,10-13,21H,3,9,14-18H2,1-2H3,(H,25,29)/t21-/m0/s1. The van der Waals surface area contributed by atoms with E-state index < -0.39 is 0 Å². The lowest BCUT2D eigenvalue weighted by Gasteiger charge is -2.20. The zero-order valence-corrected chi connectivity index (χ0v) is 17.4. The molecule has 154 valence electrons. The van der Waals surface area contributed by atoms with Gasteiger partial charge in [-0.1, -0.05) is 55.5 Å². The first kappa shape index (κ1) is 21.1. The van der Waals surface area contributed by atoms with Crippen molar-refractivity contribution in [3.63, 3.8) is 0 Å². The van der Waals surface area contributed by atoms with E-state index in [1.54, 1.807) is 4.90 Å². The van der Waals surface area contributed by atoms with Crippen molar-refractivity contribution >= 4 is 17.5 Å². The molecule has 1 fully saturated rings. The van der Waals surface area contributed by atoms with E-state index in [-0.39, 0.29) is 24.2 Å². The SMILES string of the molecule is CCc1ccccc1N1C[C@@H](C(=O)NCCCN(C)Cc2ccccc2)CC1=O. The number of carbonyl (C=O) groups excluding carboxylic acids is 2. The number of hydrogen-bond donors (Lipinski definition) is 1. The number of carbonyl (C=O) groups is 2. The van der Waals surface area contributed by atoms with E-state index in [0.717, 1.165) is 37.2 Å². The summed E-state index contributed by atoms with van der Waals surface area (Å²) in [5.74, 6) is -0.247. The van der Waals surface area contributed by atoms with E-state index in [9.17, 15) is 9.59 Å². The van der Waals surface area contributed by atoms with Gasteiger partial charge in [0.2, 0.25) is 11.8 Å². The monoisotopic (exact) mass is 393 g/mol. The average Bonchev–Trinajstić information content (AvgIpc) is 3.13. The summed E-state index contributed by atoms with van der Waals surface area (Å²) in [6.07, 6.45) is 2.04. The molecule has 5 heteroatoms. The molecule has 0 radical (unpaired) electrons. The molecule has 29 heavy (non-hydrogen) atoms. The molecular formula is C24H31N3O2. The van der Waals surface area contributed by atoms with Crippen molar-refractivity contribution in [2.45, 2.75) is 32.7 Å². The Bertz CT molecular complexity index is 822. The lowest BCUT2D eigenvalue weighted by Crippen LogP contribution is -2.34. The molecule has 2 aromatic carbocycles. The highest BCUT2D eigenvalue weighted by Gasteiger charge is 2.35. The van der Waals surface area contributed by atoms with E-state index >= 15 is 0 Å². The van der Waals surface area contributed by atoms with Crippen LogP contribution in [-0.4, -0.2) is 43.4 Å². The summed E-state index contributed by atoms with van der Waals surface area (Å²) in [6.45, 7) is 4.99. The first-order chi connectivity index (χ1) is 14.1. The van der Waals surface area contributed by atoms with Crippen LogP contribution in [0, 0.1) is 5.92 Å². The minimum atomic E-state index is -0.269. The van der Waals surface area contributed by atoms with Gasteiger partial charge in [0.05, 0.1) is 5.92 Å². The van der Waals surface area contributed by atoms with Crippen LogP contribution >= 0.6 is 0 Å². The summed E-state index contributed by atoms with van der Waals surface area (Å²) in [5.41, 5.74) is 3.37. The Morgan fingerprint density at radius 3 is 2.62 bits per heavy atom. The van der Waals surface area contributed by atoms with E-state index in [4.69, 9.17) is 0 Å². The molecule has 0 unspecified atom stereocenters. The second-order valence-corrected chi connectivity index (χ2v) is 7.76. The van der Waals surface area contributed by atoms with E-state index in [1.165, 1.54) is 5.56 Å². The number of rotatable bonds is 9. The van der Waals surface area contributed by atoms with Crippen molar-refractivity contribution in [3.8, 4) is 0 Å². The van der Waals surface area contributed by atoms with Crippen molar-refractivity contribution in [3.05, 3.63) is 65.7 Å². The average molecular weight is 394 g/mol. The highest BCUT2D eigenvalue weighted by molar-refractivity contribution is 6.00. The number of amides is 2. The van der Waals surface area contributed by atoms with Crippen LogP contribution in [0.25, 0.3) is 0 Å². The quantitative estimate of drug-likeness (QED) is 0.666. The van der Waals surface area contributed by atoms with Crippen molar-refractivity contribution < 1.29 is 9.59 Å². The molecule has 1 saturated heterocycles. The number of nitrogens with one attached hydrogen (secondary N) is 1. The summed E-state index contributed by atoms with van der Waals surface area (Å²) < 4.78 is 0. The zero-order chi connectivity index (χ0) is 20.6. The molecular weight excluding hydrogens is 362 g/mol. The highest BCUT2D eigenvalue weighted by Crippen LogP contribution is 2.28. The predicted octanol–water partition coefficient (Wildman–Crippen LogP) is 3.24. The molecule has 2 aromatic rings. The van der Waals surface area contributed by atoms with Gasteiger partial charge >= 0.3 is 0 Å². The molecule has 0 spiro atoms. The fourth-order valence-corrected chi connectivity index (χ4v) is 3.87. The normalized spacial score (nSPS) is 16.4. The topological polar surface area (TPSA) is 52.7 Å². The molecule has 0 aliphatic carbocycles. The maximum atomic E-state index is 12.6. The Morgan fingerprint density at radius 1 is 1.14 bits per heavy atom. The van der Waals surface area contributed by atoms with Crippen LogP contribution in [0.3, 0.4) is 0 Å². The number of benzene rings is 2. The Kier molecular flexibility index (Phi) is 7.42. The molecule has 5 nitrogen and oxygen atoms in total. The summed E-state index contributed by atoms with van der Waals surface area (Å²) in [7, 11) is 2.09. The van der Waals surface area contributed by atoms with E-state index in [1.807, 2.05) is 30.3 Å². The summed E-state index contributed by atoms with van der Waals surface area (Å²) in [6, 6.07) is 18.3. The fourth-order valence-electron chi connectivity index (χ4n) is 3.87. The molecule has 1 aliphatic rings. The minimum absolute atomic E-state index is 0.0134. The molecule has 2 amide bonds. The van der Waals surface area contributed by atoms with Gasteiger partial charge in [-0.15, -0.1) is 0 Å². The molecule has 0 saturated carbocycles. The molecule has 0 bridgehead atoms. The lowest BCUT2D eigenvalue weighted by atomic mass is 10.1. The molecule has 1 aliphatic heterocycles. The number of nitrogens with zero attached hydrogens (tertiary/aromatic N) is 2. The van der Waals surface area contributed by atoms with E-state index in [0.29, 0.717) is 13.1 Å². The van der Waals surface area contributed by atoms with Gasteiger partial charge in [0.25, 0.3) is 0 Å². The van der Waals surface area contributed by atoms with Crippen molar-refractivity contribution in [2.24, 2.45) is 5.92 Å². The van der Waals surface area contributed by atoms with Gasteiger partial charge in [0.15, 0.2) is 0 Å². The Labute approximate surface area is 173 Å². The van der Waals surface area contributed by atoms with Crippen molar-refractivity contribution in [1.82, 2.24) is 10.2 Å². The number of anilines is 1. The van der Waals surface area contributed by atoms with Gasteiger partial charge in [-0.2, -0.15) is 0 Å². The van der Waals surface area contributed by atoms with Crippen LogP contribution in [0.1, 0.15) is 30.9 Å².